The van der Waals surface area contributed by atoms with Gasteiger partial charge in [-0.15, -0.1) is 0 Å². The van der Waals surface area contributed by atoms with E-state index >= 15 is 0 Å². The van der Waals surface area contributed by atoms with Gasteiger partial charge in [-0.25, -0.2) is 14.6 Å². The molecule has 1 fully saturated rings. The maximum atomic E-state index is 12.5. The molecule has 3 aromatic heterocycles. The molecule has 0 radical (unpaired) electrons. The van der Waals surface area contributed by atoms with E-state index in [-0.39, 0.29) is 5.56 Å². The lowest BCUT2D eigenvalue weighted by Gasteiger charge is -2.36. The molecule has 5 heterocycles. The summed E-state index contributed by atoms with van der Waals surface area (Å²) in [4.78, 5) is 28.0. The van der Waals surface area contributed by atoms with Gasteiger partial charge in [-0.1, -0.05) is 6.42 Å². The molecule has 1 atom stereocenters. The minimum absolute atomic E-state index is 0.0441. The number of aromatic nitrogens is 5. The molecule has 3 aromatic rings. The highest BCUT2D eigenvalue weighted by Gasteiger charge is 2.23. The van der Waals surface area contributed by atoms with Gasteiger partial charge in [-0.05, 0) is 31.5 Å². The Kier molecular flexibility index (Phi) is 5.86. The third kappa shape index (κ3) is 4.57. The predicted molar refractivity (Wildman–Crippen MR) is 117 cm³/mol. The number of piperidine rings is 1. The molecule has 31 heavy (non-hydrogen) atoms. The van der Waals surface area contributed by atoms with Gasteiger partial charge < -0.3 is 10.1 Å². The molecule has 1 saturated heterocycles. The van der Waals surface area contributed by atoms with Crippen molar-refractivity contribution >= 4 is 17.0 Å². The van der Waals surface area contributed by atoms with Crippen molar-refractivity contribution in [1.29, 1.82) is 0 Å². The van der Waals surface area contributed by atoms with Crippen LogP contribution in [0, 0.1) is 0 Å². The molecule has 0 saturated carbocycles. The number of fused-ring (bicyclic) bond motifs is 2. The summed E-state index contributed by atoms with van der Waals surface area (Å²) in [6.45, 7) is 4.43. The number of rotatable bonds is 6. The van der Waals surface area contributed by atoms with E-state index in [4.69, 9.17) is 4.74 Å². The van der Waals surface area contributed by atoms with Crippen LogP contribution in [0.1, 0.15) is 30.5 Å². The smallest absolute Gasteiger partial charge is 0.267 e. The van der Waals surface area contributed by atoms with Crippen molar-refractivity contribution < 1.29 is 4.74 Å². The summed E-state index contributed by atoms with van der Waals surface area (Å²) in [5.74, 6) is 0.813. The topological polar surface area (TPSA) is 98.1 Å². The third-order valence-electron chi connectivity index (χ3n) is 6.10. The molecule has 5 rings (SSSR count). The van der Waals surface area contributed by atoms with Crippen LogP contribution >= 0.6 is 0 Å². The lowest BCUT2D eigenvalue weighted by Crippen LogP contribution is -2.45. The van der Waals surface area contributed by atoms with E-state index in [0.29, 0.717) is 31.4 Å². The molecule has 0 bridgehead atoms. The number of pyridine rings is 1. The number of anilines is 1. The van der Waals surface area contributed by atoms with E-state index in [1.807, 2.05) is 12.1 Å². The fraction of sp³-hybridized carbons (Fsp3) is 0.500. The first-order chi connectivity index (χ1) is 15.3. The Morgan fingerprint density at radius 2 is 2.10 bits per heavy atom. The van der Waals surface area contributed by atoms with Crippen LogP contribution in [0.4, 0.5) is 5.82 Å². The van der Waals surface area contributed by atoms with E-state index < -0.39 is 0 Å². The van der Waals surface area contributed by atoms with E-state index in [1.54, 1.807) is 23.1 Å². The average Bonchev–Trinajstić information content (AvgIpc) is 2.82. The zero-order valence-electron chi connectivity index (χ0n) is 17.5. The minimum Gasteiger partial charge on any atom is -0.376 e. The fourth-order valence-corrected chi connectivity index (χ4v) is 4.40. The summed E-state index contributed by atoms with van der Waals surface area (Å²) in [5.41, 5.74) is 3.32. The molecule has 1 unspecified atom stereocenters. The van der Waals surface area contributed by atoms with Gasteiger partial charge in [0.15, 0.2) is 5.65 Å². The van der Waals surface area contributed by atoms with E-state index in [0.717, 1.165) is 55.1 Å². The standard InChI is InChI=1S/C22H27N7O2/c30-21-13-16-15-31-12-6-18(16)27-29(21)11-10-28-9-2-1-3-17(28)14-25-20-5-4-19-22(26-20)24-8-7-23-19/h4-5,7-8,13,17H,1-3,6,9-12,14-15H2,(H,24,25,26). The molecule has 2 aliphatic rings. The first-order valence-electron chi connectivity index (χ1n) is 11.0. The maximum absolute atomic E-state index is 12.5. The third-order valence-corrected chi connectivity index (χ3v) is 6.10. The molecule has 0 aromatic carbocycles. The van der Waals surface area contributed by atoms with Crippen LogP contribution in [0.2, 0.25) is 0 Å². The average molecular weight is 422 g/mol. The predicted octanol–water partition coefficient (Wildman–Crippen LogP) is 1.62. The minimum atomic E-state index is -0.0441. The SMILES string of the molecule is O=c1cc2c(nn1CCN1CCCCC1CNc1ccc3nccnc3n1)CCOC2. The van der Waals surface area contributed by atoms with Crippen LogP contribution in [-0.4, -0.2) is 61.9 Å². The Morgan fingerprint density at radius 1 is 1.16 bits per heavy atom. The molecular formula is C22H27N7O2. The van der Waals surface area contributed by atoms with Crippen molar-refractivity contribution in [1.82, 2.24) is 29.6 Å². The summed E-state index contributed by atoms with van der Waals surface area (Å²) < 4.78 is 7.05. The largest absolute Gasteiger partial charge is 0.376 e. The highest BCUT2D eigenvalue weighted by atomic mass is 16.5. The number of nitrogens with zero attached hydrogens (tertiary/aromatic N) is 6. The monoisotopic (exact) mass is 421 g/mol. The molecule has 2 aliphatic heterocycles. The van der Waals surface area contributed by atoms with Crippen LogP contribution in [0.5, 0.6) is 0 Å². The molecule has 9 heteroatoms. The van der Waals surface area contributed by atoms with Gasteiger partial charge in [0.1, 0.15) is 11.3 Å². The van der Waals surface area contributed by atoms with Crippen molar-refractivity contribution in [2.24, 2.45) is 0 Å². The van der Waals surface area contributed by atoms with Crippen LogP contribution in [-0.2, 0) is 24.3 Å². The second-order valence-electron chi connectivity index (χ2n) is 8.14. The molecule has 0 amide bonds. The Bertz CT molecular complexity index is 1120. The Balaban J connectivity index is 1.23. The van der Waals surface area contributed by atoms with Gasteiger partial charge in [0.05, 0.1) is 25.5 Å². The zero-order chi connectivity index (χ0) is 21.0. The van der Waals surface area contributed by atoms with Crippen molar-refractivity contribution in [2.75, 3.05) is 31.6 Å². The van der Waals surface area contributed by atoms with Crippen molar-refractivity contribution in [3.05, 3.63) is 52.2 Å². The van der Waals surface area contributed by atoms with Crippen molar-refractivity contribution in [2.45, 2.75) is 44.9 Å². The molecule has 1 N–H and O–H groups in total. The number of ether oxygens (including phenoxy) is 1. The van der Waals surface area contributed by atoms with Gasteiger partial charge in [0.2, 0.25) is 0 Å². The van der Waals surface area contributed by atoms with Crippen LogP contribution in [0.15, 0.2) is 35.4 Å². The maximum Gasteiger partial charge on any atom is 0.267 e. The lowest BCUT2D eigenvalue weighted by atomic mass is 10.0. The highest BCUT2D eigenvalue weighted by Crippen LogP contribution is 2.18. The normalized spacial score (nSPS) is 19.3. The summed E-state index contributed by atoms with van der Waals surface area (Å²) in [6.07, 6.45) is 7.64. The fourth-order valence-electron chi connectivity index (χ4n) is 4.40. The van der Waals surface area contributed by atoms with Crippen LogP contribution in [0.25, 0.3) is 11.2 Å². The van der Waals surface area contributed by atoms with Crippen molar-refractivity contribution in [3.8, 4) is 0 Å². The van der Waals surface area contributed by atoms with Crippen molar-refractivity contribution in [3.63, 3.8) is 0 Å². The molecule has 162 valence electrons. The number of nitrogens with one attached hydrogen (secondary N) is 1. The number of hydrogen-bond donors (Lipinski definition) is 1. The summed E-state index contributed by atoms with van der Waals surface area (Å²) in [5, 5.41) is 8.07. The second kappa shape index (κ2) is 9.07. The van der Waals surface area contributed by atoms with Gasteiger partial charge in [-0.3, -0.25) is 14.7 Å². The van der Waals surface area contributed by atoms with E-state index in [2.05, 4.69) is 30.3 Å². The van der Waals surface area contributed by atoms with Gasteiger partial charge in [0.25, 0.3) is 5.56 Å². The lowest BCUT2D eigenvalue weighted by molar-refractivity contribution is 0.107. The number of hydrogen-bond acceptors (Lipinski definition) is 8. The molecular weight excluding hydrogens is 394 g/mol. The van der Waals surface area contributed by atoms with Crippen LogP contribution < -0.4 is 10.9 Å². The molecule has 0 aliphatic carbocycles. The van der Waals surface area contributed by atoms with Crippen LogP contribution in [0.3, 0.4) is 0 Å². The van der Waals surface area contributed by atoms with Gasteiger partial charge >= 0.3 is 0 Å². The van der Waals surface area contributed by atoms with E-state index in [9.17, 15) is 4.79 Å². The zero-order valence-corrected chi connectivity index (χ0v) is 17.5. The second-order valence-corrected chi connectivity index (χ2v) is 8.14. The summed E-state index contributed by atoms with van der Waals surface area (Å²) in [7, 11) is 0. The van der Waals surface area contributed by atoms with E-state index in [1.165, 1.54) is 12.8 Å². The Hall–Kier alpha value is -2.91. The summed E-state index contributed by atoms with van der Waals surface area (Å²) in [6, 6.07) is 5.97. The number of likely N-dealkylation sites (tertiary alicyclic amines) is 1. The molecule has 0 spiro atoms. The van der Waals surface area contributed by atoms with Gasteiger partial charge in [-0.2, -0.15) is 5.10 Å². The first-order valence-corrected chi connectivity index (χ1v) is 11.0. The quantitative estimate of drug-likeness (QED) is 0.641. The first kappa shape index (κ1) is 20.0. The molecule has 9 nitrogen and oxygen atoms in total. The van der Waals surface area contributed by atoms with Gasteiger partial charge in [0, 0.05) is 49.6 Å². The Morgan fingerprint density at radius 3 is 3.06 bits per heavy atom. The highest BCUT2D eigenvalue weighted by molar-refractivity contribution is 5.71. The summed E-state index contributed by atoms with van der Waals surface area (Å²) >= 11 is 0. The Labute approximate surface area is 180 Å².